The molecule has 0 bridgehead atoms. The lowest BCUT2D eigenvalue weighted by Crippen LogP contribution is -2.32. The van der Waals surface area contributed by atoms with Gasteiger partial charge in [0.1, 0.15) is 0 Å². The summed E-state index contributed by atoms with van der Waals surface area (Å²) in [5, 5.41) is 17.7. The van der Waals surface area contributed by atoms with Gasteiger partial charge in [0, 0.05) is 17.6 Å². The first kappa shape index (κ1) is 15.9. The molecule has 0 radical (unpaired) electrons. The Morgan fingerprint density at radius 3 is 2.42 bits per heavy atom. The van der Waals surface area contributed by atoms with E-state index >= 15 is 0 Å². The maximum absolute atomic E-state index is 11.3. The number of primary sulfonamides is 1. The van der Waals surface area contributed by atoms with Crippen LogP contribution in [0.5, 0.6) is 0 Å². The number of sulfonamides is 1. The summed E-state index contributed by atoms with van der Waals surface area (Å²) in [5.74, 6) is 0. The van der Waals surface area contributed by atoms with Crippen LogP contribution in [0, 0.1) is 5.41 Å². The summed E-state index contributed by atoms with van der Waals surface area (Å²) in [6, 6.07) is 6.38. The normalized spacial score (nSPS) is 12.4. The van der Waals surface area contributed by atoms with Crippen LogP contribution in [0.1, 0.15) is 26.7 Å². The van der Waals surface area contributed by atoms with E-state index in [0.29, 0.717) is 12.2 Å². The van der Waals surface area contributed by atoms with Crippen molar-refractivity contribution in [3.63, 3.8) is 0 Å². The topological polar surface area (TPSA) is 92.4 Å². The number of benzene rings is 1. The highest BCUT2D eigenvalue weighted by molar-refractivity contribution is 7.89. The molecule has 1 aromatic carbocycles. The lowest BCUT2D eigenvalue weighted by molar-refractivity contribution is 0.127. The number of nitrogens with one attached hydrogen (secondary N) is 1. The van der Waals surface area contributed by atoms with Crippen LogP contribution in [0.15, 0.2) is 29.2 Å². The molecule has 108 valence electrons. The maximum atomic E-state index is 11.3. The van der Waals surface area contributed by atoms with Gasteiger partial charge in [-0.15, -0.1) is 0 Å². The van der Waals surface area contributed by atoms with Crippen molar-refractivity contribution in [1.82, 2.24) is 0 Å². The minimum atomic E-state index is -3.69. The van der Waals surface area contributed by atoms with Crippen molar-refractivity contribution in [2.45, 2.75) is 31.6 Å². The van der Waals surface area contributed by atoms with Crippen molar-refractivity contribution in [2.75, 3.05) is 18.5 Å². The number of rotatable bonds is 7. The third kappa shape index (κ3) is 4.19. The van der Waals surface area contributed by atoms with Gasteiger partial charge in [-0.1, -0.05) is 19.9 Å². The average Bonchev–Trinajstić information content (AvgIpc) is 2.40. The Hall–Kier alpha value is -1.11. The summed E-state index contributed by atoms with van der Waals surface area (Å²) < 4.78 is 22.5. The molecule has 0 fully saturated rings. The second kappa shape index (κ2) is 6.36. The SMILES string of the molecule is CCC(CC)(CO)CNc1cccc(S(N)(=O)=O)c1. The molecule has 0 aliphatic heterocycles. The molecule has 19 heavy (non-hydrogen) atoms. The van der Waals surface area contributed by atoms with Gasteiger partial charge in [0.25, 0.3) is 0 Å². The van der Waals surface area contributed by atoms with Crippen molar-refractivity contribution < 1.29 is 13.5 Å². The molecule has 0 aliphatic rings. The zero-order valence-corrected chi connectivity index (χ0v) is 12.2. The van der Waals surface area contributed by atoms with E-state index in [2.05, 4.69) is 5.32 Å². The summed E-state index contributed by atoms with van der Waals surface area (Å²) in [5.41, 5.74) is 0.503. The molecule has 4 N–H and O–H groups in total. The molecule has 5 nitrogen and oxygen atoms in total. The lowest BCUT2D eigenvalue weighted by atomic mass is 9.83. The molecular formula is C13H22N2O3S. The molecule has 0 spiro atoms. The van der Waals surface area contributed by atoms with Crippen molar-refractivity contribution in [3.05, 3.63) is 24.3 Å². The van der Waals surface area contributed by atoms with E-state index in [0.717, 1.165) is 12.8 Å². The number of anilines is 1. The minimum Gasteiger partial charge on any atom is -0.396 e. The van der Waals surface area contributed by atoms with E-state index in [9.17, 15) is 13.5 Å². The number of aliphatic hydroxyl groups excluding tert-OH is 1. The highest BCUT2D eigenvalue weighted by atomic mass is 32.2. The third-order valence-electron chi connectivity index (χ3n) is 3.67. The number of hydrogen-bond acceptors (Lipinski definition) is 4. The van der Waals surface area contributed by atoms with Crippen molar-refractivity contribution in [1.29, 1.82) is 0 Å². The fraction of sp³-hybridized carbons (Fsp3) is 0.538. The van der Waals surface area contributed by atoms with Gasteiger partial charge in [0.15, 0.2) is 0 Å². The molecule has 0 saturated heterocycles. The van der Waals surface area contributed by atoms with E-state index in [1.165, 1.54) is 12.1 Å². The van der Waals surface area contributed by atoms with Crippen LogP contribution in [-0.4, -0.2) is 26.7 Å². The Morgan fingerprint density at radius 2 is 1.95 bits per heavy atom. The number of aliphatic hydroxyl groups is 1. The van der Waals surface area contributed by atoms with Gasteiger partial charge in [-0.3, -0.25) is 0 Å². The van der Waals surface area contributed by atoms with Crippen LogP contribution in [0.2, 0.25) is 0 Å². The zero-order valence-electron chi connectivity index (χ0n) is 11.4. The summed E-state index contributed by atoms with van der Waals surface area (Å²) in [4.78, 5) is 0.0834. The van der Waals surface area contributed by atoms with E-state index in [4.69, 9.17) is 5.14 Å². The van der Waals surface area contributed by atoms with Crippen molar-refractivity contribution in [2.24, 2.45) is 10.6 Å². The molecule has 0 aromatic heterocycles. The van der Waals surface area contributed by atoms with Crippen molar-refractivity contribution >= 4 is 15.7 Å². The van der Waals surface area contributed by atoms with Crippen LogP contribution in [0.3, 0.4) is 0 Å². The Bertz CT molecular complexity index is 502. The Morgan fingerprint density at radius 1 is 1.32 bits per heavy atom. The molecule has 6 heteroatoms. The number of hydrogen-bond donors (Lipinski definition) is 3. The van der Waals surface area contributed by atoms with Gasteiger partial charge < -0.3 is 10.4 Å². The van der Waals surface area contributed by atoms with E-state index in [1.54, 1.807) is 12.1 Å². The van der Waals surface area contributed by atoms with Gasteiger partial charge in [-0.2, -0.15) is 0 Å². The Balaban J connectivity index is 2.84. The van der Waals surface area contributed by atoms with Gasteiger partial charge >= 0.3 is 0 Å². The summed E-state index contributed by atoms with van der Waals surface area (Å²) in [7, 11) is -3.69. The van der Waals surface area contributed by atoms with Gasteiger partial charge in [-0.25, -0.2) is 13.6 Å². The van der Waals surface area contributed by atoms with Crippen LogP contribution >= 0.6 is 0 Å². The Kier molecular flexibility index (Phi) is 5.34. The predicted octanol–water partition coefficient (Wildman–Crippen LogP) is 1.54. The van der Waals surface area contributed by atoms with Crippen LogP contribution in [-0.2, 0) is 10.0 Å². The maximum Gasteiger partial charge on any atom is 0.238 e. The third-order valence-corrected chi connectivity index (χ3v) is 4.58. The Labute approximate surface area is 114 Å². The fourth-order valence-corrected chi connectivity index (χ4v) is 2.41. The second-order valence-electron chi connectivity index (χ2n) is 4.79. The second-order valence-corrected chi connectivity index (χ2v) is 6.35. The highest BCUT2D eigenvalue weighted by Crippen LogP contribution is 2.26. The molecule has 1 rings (SSSR count). The largest absolute Gasteiger partial charge is 0.396 e. The molecular weight excluding hydrogens is 264 g/mol. The van der Waals surface area contributed by atoms with Gasteiger partial charge in [0.2, 0.25) is 10.0 Å². The highest BCUT2D eigenvalue weighted by Gasteiger charge is 2.24. The first-order chi connectivity index (χ1) is 8.87. The average molecular weight is 286 g/mol. The van der Waals surface area contributed by atoms with Gasteiger partial charge in [-0.05, 0) is 31.0 Å². The molecule has 0 unspecified atom stereocenters. The van der Waals surface area contributed by atoms with Gasteiger partial charge in [0.05, 0.1) is 11.5 Å². The van der Waals surface area contributed by atoms with E-state index in [-0.39, 0.29) is 16.9 Å². The van der Waals surface area contributed by atoms with E-state index in [1.807, 2.05) is 13.8 Å². The monoisotopic (exact) mass is 286 g/mol. The first-order valence-corrected chi connectivity index (χ1v) is 7.89. The molecule has 0 amide bonds. The summed E-state index contributed by atoms with van der Waals surface area (Å²) >= 11 is 0. The quantitative estimate of drug-likeness (QED) is 0.709. The van der Waals surface area contributed by atoms with Crippen LogP contribution in [0.25, 0.3) is 0 Å². The smallest absolute Gasteiger partial charge is 0.238 e. The first-order valence-electron chi connectivity index (χ1n) is 6.34. The molecule has 0 saturated carbocycles. The summed E-state index contributed by atoms with van der Waals surface area (Å²) in [6.07, 6.45) is 1.70. The molecule has 1 aromatic rings. The fourth-order valence-electron chi connectivity index (χ4n) is 1.85. The predicted molar refractivity (Wildman–Crippen MR) is 76.4 cm³/mol. The molecule has 0 heterocycles. The zero-order chi connectivity index (χ0) is 14.5. The molecule has 0 aliphatic carbocycles. The standard InChI is InChI=1S/C13H22N2O3S/c1-3-13(4-2,10-16)9-15-11-6-5-7-12(8-11)19(14,17)18/h5-8,15-16H,3-4,9-10H2,1-2H3,(H2,14,17,18). The van der Waals surface area contributed by atoms with Crippen LogP contribution < -0.4 is 10.5 Å². The minimum absolute atomic E-state index is 0.0834. The summed E-state index contributed by atoms with van der Waals surface area (Å²) in [6.45, 7) is 4.75. The van der Waals surface area contributed by atoms with Crippen LogP contribution in [0.4, 0.5) is 5.69 Å². The molecule has 0 atom stereocenters. The number of nitrogens with two attached hydrogens (primary N) is 1. The van der Waals surface area contributed by atoms with Crippen molar-refractivity contribution in [3.8, 4) is 0 Å². The van der Waals surface area contributed by atoms with E-state index < -0.39 is 10.0 Å². The lowest BCUT2D eigenvalue weighted by Gasteiger charge is -2.30.